The number of ether oxygens (including phenoxy) is 2. The van der Waals surface area contributed by atoms with Gasteiger partial charge in [0.15, 0.2) is 12.5 Å². The molecule has 1 aliphatic heterocycles. The molecule has 18 nitrogen and oxygen atoms in total. The lowest BCUT2D eigenvalue weighted by Crippen LogP contribution is -2.30. The molecule has 206 valence electrons. The summed E-state index contributed by atoms with van der Waals surface area (Å²) in [4.78, 5) is 38.1. The number of nitrogen functional groups attached to an aromatic ring is 2. The molecule has 4 aromatic rings. The molecule has 1 fully saturated rings. The van der Waals surface area contributed by atoms with Crippen molar-refractivity contribution in [2.24, 2.45) is 0 Å². The molecule has 0 bridgehead atoms. The van der Waals surface area contributed by atoms with Crippen molar-refractivity contribution in [3.63, 3.8) is 0 Å². The molecule has 8 N–H and O–H groups in total. The molecular weight excluding hydrogens is 508 g/mol. The van der Waals surface area contributed by atoms with Gasteiger partial charge in [-0.3, -0.25) is 9.13 Å². The third-order valence-corrected chi connectivity index (χ3v) is 5.77. The SMILES string of the molecule is C[C@H](CO)O[C@H](CO)n1ccn2c(=O)nc(N)nc12.C[C@H]1O[C@@H](n2ccn3c(=O)nc(N)nc23)C(O)[C@H]1O. The van der Waals surface area contributed by atoms with Crippen molar-refractivity contribution in [1.82, 2.24) is 37.9 Å². The van der Waals surface area contributed by atoms with Gasteiger partial charge in [0.25, 0.3) is 0 Å². The topological polar surface area (TPSA) is 256 Å². The van der Waals surface area contributed by atoms with E-state index in [-0.39, 0.29) is 36.7 Å². The quantitative estimate of drug-likeness (QED) is 0.140. The van der Waals surface area contributed by atoms with Crippen LogP contribution in [-0.4, -0.2) is 95.9 Å². The maximum Gasteiger partial charge on any atom is 0.357 e. The molecule has 18 heteroatoms. The van der Waals surface area contributed by atoms with Gasteiger partial charge in [-0.2, -0.15) is 19.9 Å². The number of aromatic nitrogens is 8. The van der Waals surface area contributed by atoms with Crippen molar-refractivity contribution in [3.8, 4) is 0 Å². The number of aliphatic hydroxyl groups excluding tert-OH is 4. The highest BCUT2D eigenvalue weighted by Gasteiger charge is 2.41. The Kier molecular flexibility index (Phi) is 7.71. The van der Waals surface area contributed by atoms with Crippen LogP contribution in [0.3, 0.4) is 0 Å². The Hall–Kier alpha value is -3.94. The number of hydrogen-bond donors (Lipinski definition) is 6. The van der Waals surface area contributed by atoms with Crippen LogP contribution in [0.4, 0.5) is 11.9 Å². The monoisotopic (exact) mass is 536 g/mol. The van der Waals surface area contributed by atoms with Gasteiger partial charge < -0.3 is 41.4 Å². The average molecular weight is 537 g/mol. The van der Waals surface area contributed by atoms with Crippen molar-refractivity contribution in [2.75, 3.05) is 24.7 Å². The zero-order valence-corrected chi connectivity index (χ0v) is 20.3. The predicted octanol–water partition coefficient (Wildman–Crippen LogP) is -3.53. The Morgan fingerprint density at radius 2 is 1.50 bits per heavy atom. The minimum atomic E-state index is -1.11. The first-order valence-corrected chi connectivity index (χ1v) is 11.4. The molecule has 1 unspecified atom stereocenters. The van der Waals surface area contributed by atoms with Gasteiger partial charge in [0.1, 0.15) is 12.2 Å². The molecule has 6 atom stereocenters. The molecule has 4 aromatic heterocycles. The first-order valence-electron chi connectivity index (χ1n) is 11.4. The summed E-state index contributed by atoms with van der Waals surface area (Å²) in [6, 6.07) is 0. The van der Waals surface area contributed by atoms with E-state index in [4.69, 9.17) is 26.0 Å². The number of nitrogens with zero attached hydrogens (tertiary/aromatic N) is 8. The molecule has 0 spiro atoms. The number of imidazole rings is 2. The fourth-order valence-corrected chi connectivity index (χ4v) is 3.86. The number of rotatable bonds is 6. The Labute approximate surface area is 213 Å². The Morgan fingerprint density at radius 1 is 0.921 bits per heavy atom. The van der Waals surface area contributed by atoms with Crippen molar-refractivity contribution in [3.05, 3.63) is 45.8 Å². The van der Waals surface area contributed by atoms with E-state index in [2.05, 4.69) is 19.9 Å². The second-order valence-electron chi connectivity index (χ2n) is 8.46. The fourth-order valence-electron chi connectivity index (χ4n) is 3.86. The first-order chi connectivity index (χ1) is 18.0. The summed E-state index contributed by atoms with van der Waals surface area (Å²) in [5.41, 5.74) is 9.74. The number of fused-ring (bicyclic) bond motifs is 2. The molecule has 38 heavy (non-hydrogen) atoms. The number of aliphatic hydroxyl groups is 4. The van der Waals surface area contributed by atoms with Crippen LogP contribution in [-0.2, 0) is 9.47 Å². The summed E-state index contributed by atoms with van der Waals surface area (Å²) in [7, 11) is 0. The van der Waals surface area contributed by atoms with Gasteiger partial charge in [-0.25, -0.2) is 18.4 Å². The molecule has 0 saturated carbocycles. The third kappa shape index (κ3) is 5.08. The van der Waals surface area contributed by atoms with E-state index >= 15 is 0 Å². The van der Waals surface area contributed by atoms with Crippen molar-refractivity contribution in [2.45, 2.75) is 50.7 Å². The highest BCUT2D eigenvalue weighted by atomic mass is 16.6. The predicted molar refractivity (Wildman–Crippen MR) is 129 cm³/mol. The number of hydrogen-bond acceptors (Lipinski definition) is 14. The second kappa shape index (κ2) is 10.8. The molecule has 0 amide bonds. The zero-order chi connectivity index (χ0) is 27.7. The largest absolute Gasteiger partial charge is 0.394 e. The fraction of sp³-hybridized carbons (Fsp3) is 0.500. The minimum absolute atomic E-state index is 0.156. The van der Waals surface area contributed by atoms with Crippen LogP contribution in [0.1, 0.15) is 26.3 Å². The molecule has 0 radical (unpaired) electrons. The highest BCUT2D eigenvalue weighted by Crippen LogP contribution is 2.30. The average Bonchev–Trinajstić information content (AvgIpc) is 3.55. The Morgan fingerprint density at radius 3 is 2.05 bits per heavy atom. The number of nitrogens with two attached hydrogens (primary N) is 2. The molecule has 1 saturated heterocycles. The molecule has 1 aliphatic rings. The zero-order valence-electron chi connectivity index (χ0n) is 20.3. The van der Waals surface area contributed by atoms with Crippen LogP contribution in [0.5, 0.6) is 0 Å². The first kappa shape index (κ1) is 27.1. The maximum absolute atomic E-state index is 11.6. The van der Waals surface area contributed by atoms with Crippen molar-refractivity contribution < 1.29 is 29.9 Å². The Bertz CT molecular complexity index is 1530. The van der Waals surface area contributed by atoms with E-state index in [1.165, 1.54) is 42.7 Å². The van der Waals surface area contributed by atoms with E-state index < -0.39 is 48.3 Å². The van der Waals surface area contributed by atoms with E-state index in [0.717, 1.165) is 0 Å². The molecule has 5 heterocycles. The van der Waals surface area contributed by atoms with Gasteiger partial charge in [-0.15, -0.1) is 0 Å². The standard InChI is InChI=1S/C10H13N5O4.C10H15N5O4/c1-4-5(16)6(17)7(19-4)14-2-3-15-9(14)12-8(11)13-10(15)18;1-6(4-16)19-7(5-17)14-2-3-15-9(14)12-8(11)13-10(15)18/h2-7,16-17H,1H3,(H2,11,13,18);2-3,6-7,16-17H,4-5H2,1H3,(H2,11,13,18)/t4-,5+,6?,7-;6-,7-/m11/s1. The van der Waals surface area contributed by atoms with Crippen LogP contribution >= 0.6 is 0 Å². The summed E-state index contributed by atoms with van der Waals surface area (Å²) >= 11 is 0. The maximum atomic E-state index is 11.6. The van der Waals surface area contributed by atoms with Gasteiger partial charge in [-0.05, 0) is 13.8 Å². The minimum Gasteiger partial charge on any atom is -0.394 e. The van der Waals surface area contributed by atoms with Crippen molar-refractivity contribution in [1.29, 1.82) is 0 Å². The van der Waals surface area contributed by atoms with E-state index in [1.54, 1.807) is 13.8 Å². The summed E-state index contributed by atoms with van der Waals surface area (Å²) in [5, 5.41) is 38.0. The Balaban J connectivity index is 0.000000177. The van der Waals surface area contributed by atoms with Crippen LogP contribution in [0.15, 0.2) is 34.4 Å². The van der Waals surface area contributed by atoms with Gasteiger partial charge in [0.05, 0.1) is 25.4 Å². The molecule has 0 aromatic carbocycles. The van der Waals surface area contributed by atoms with Crippen LogP contribution in [0, 0.1) is 0 Å². The normalized spacial score (nSPS) is 22.9. The van der Waals surface area contributed by atoms with Crippen molar-refractivity contribution >= 4 is 23.5 Å². The van der Waals surface area contributed by atoms with Gasteiger partial charge >= 0.3 is 11.4 Å². The number of anilines is 2. The van der Waals surface area contributed by atoms with E-state index in [1.807, 2.05) is 0 Å². The van der Waals surface area contributed by atoms with Gasteiger partial charge in [-0.1, -0.05) is 0 Å². The highest BCUT2D eigenvalue weighted by molar-refractivity contribution is 5.35. The van der Waals surface area contributed by atoms with E-state index in [0.29, 0.717) is 0 Å². The van der Waals surface area contributed by atoms with Crippen LogP contribution in [0.2, 0.25) is 0 Å². The van der Waals surface area contributed by atoms with E-state index in [9.17, 15) is 24.9 Å². The summed E-state index contributed by atoms with van der Waals surface area (Å²) in [6.45, 7) is 2.78. The molecule has 0 aliphatic carbocycles. The molecular formula is C20H28N10O8. The third-order valence-electron chi connectivity index (χ3n) is 5.77. The summed E-state index contributed by atoms with van der Waals surface area (Å²) < 4.78 is 16.2. The smallest absolute Gasteiger partial charge is 0.357 e. The molecule has 5 rings (SSSR count). The lowest BCUT2D eigenvalue weighted by molar-refractivity contribution is -0.0871. The van der Waals surface area contributed by atoms with Crippen LogP contribution < -0.4 is 22.8 Å². The summed E-state index contributed by atoms with van der Waals surface area (Å²) in [6.07, 6.45) is 1.23. The second-order valence-corrected chi connectivity index (χ2v) is 8.46. The van der Waals surface area contributed by atoms with Gasteiger partial charge in [0, 0.05) is 24.8 Å². The summed E-state index contributed by atoms with van der Waals surface area (Å²) in [5.74, 6) is 0.0902. The van der Waals surface area contributed by atoms with Gasteiger partial charge in [0.2, 0.25) is 23.5 Å². The lowest BCUT2D eigenvalue weighted by atomic mass is 10.1. The van der Waals surface area contributed by atoms with Crippen LogP contribution in [0.25, 0.3) is 11.6 Å². The lowest BCUT2D eigenvalue weighted by Gasteiger charge is -2.20.